The number of benzene rings is 2. The highest BCUT2D eigenvalue weighted by atomic mass is 16.5. The minimum absolute atomic E-state index is 0.279. The van der Waals surface area contributed by atoms with Crippen LogP contribution >= 0.6 is 0 Å². The van der Waals surface area contributed by atoms with E-state index >= 15 is 0 Å². The van der Waals surface area contributed by atoms with Crippen LogP contribution in [0, 0.1) is 0 Å². The standard InChI is InChI=1S/C15H14NO/c1-2-5-12(6-3-1)13-7-4-8-14(9-13)17-15-10-16-11-15/h1-9,15H,10-11H2. The molecular formula is C15H14NO. The highest BCUT2D eigenvalue weighted by Gasteiger charge is 2.19. The zero-order valence-corrected chi connectivity index (χ0v) is 9.54. The van der Waals surface area contributed by atoms with Crippen LogP contribution in [0.3, 0.4) is 0 Å². The summed E-state index contributed by atoms with van der Waals surface area (Å²) >= 11 is 0. The van der Waals surface area contributed by atoms with Crippen LogP contribution in [0.2, 0.25) is 0 Å². The summed E-state index contributed by atoms with van der Waals surface area (Å²) in [4.78, 5) is 0. The molecule has 2 nitrogen and oxygen atoms in total. The van der Waals surface area contributed by atoms with Crippen molar-refractivity contribution < 1.29 is 4.74 Å². The topological polar surface area (TPSA) is 23.3 Å². The molecule has 0 saturated carbocycles. The van der Waals surface area contributed by atoms with Crippen molar-refractivity contribution in [1.29, 1.82) is 0 Å². The monoisotopic (exact) mass is 224 g/mol. The molecule has 85 valence electrons. The van der Waals surface area contributed by atoms with Crippen LogP contribution in [-0.2, 0) is 0 Å². The Labute approximate surface area is 101 Å². The number of hydrogen-bond acceptors (Lipinski definition) is 1. The molecule has 1 fully saturated rings. The van der Waals surface area contributed by atoms with E-state index in [0.29, 0.717) is 0 Å². The van der Waals surface area contributed by atoms with Gasteiger partial charge in [0.1, 0.15) is 11.9 Å². The Hall–Kier alpha value is -1.80. The molecule has 0 aliphatic carbocycles. The molecule has 1 radical (unpaired) electrons. The maximum absolute atomic E-state index is 5.82. The zero-order chi connectivity index (χ0) is 11.5. The third-order valence-corrected chi connectivity index (χ3v) is 2.91. The molecule has 2 aromatic carbocycles. The van der Waals surface area contributed by atoms with E-state index in [-0.39, 0.29) is 6.10 Å². The summed E-state index contributed by atoms with van der Waals surface area (Å²) in [7, 11) is 0. The van der Waals surface area contributed by atoms with E-state index in [1.807, 2.05) is 30.3 Å². The summed E-state index contributed by atoms with van der Waals surface area (Å²) in [5.74, 6) is 0.936. The number of nitrogens with zero attached hydrogens (tertiary/aromatic N) is 1. The Morgan fingerprint density at radius 3 is 2.35 bits per heavy atom. The first-order chi connectivity index (χ1) is 8.42. The van der Waals surface area contributed by atoms with E-state index in [1.165, 1.54) is 11.1 Å². The third kappa shape index (κ3) is 2.32. The number of hydrogen-bond donors (Lipinski definition) is 0. The second kappa shape index (κ2) is 4.60. The summed E-state index contributed by atoms with van der Waals surface area (Å²) in [5.41, 5.74) is 2.41. The molecule has 2 heteroatoms. The van der Waals surface area contributed by atoms with Gasteiger partial charge in [-0.3, -0.25) is 0 Å². The van der Waals surface area contributed by atoms with E-state index in [0.717, 1.165) is 18.8 Å². The van der Waals surface area contributed by atoms with E-state index in [2.05, 4.69) is 29.6 Å². The van der Waals surface area contributed by atoms with E-state index in [9.17, 15) is 0 Å². The molecule has 0 bridgehead atoms. The van der Waals surface area contributed by atoms with Crippen molar-refractivity contribution in [2.24, 2.45) is 0 Å². The van der Waals surface area contributed by atoms with Crippen LogP contribution in [0.15, 0.2) is 54.6 Å². The fourth-order valence-corrected chi connectivity index (χ4v) is 1.88. The van der Waals surface area contributed by atoms with Gasteiger partial charge in [-0.2, -0.15) is 0 Å². The fourth-order valence-electron chi connectivity index (χ4n) is 1.88. The minimum atomic E-state index is 0.279. The highest BCUT2D eigenvalue weighted by Crippen LogP contribution is 2.24. The van der Waals surface area contributed by atoms with Gasteiger partial charge in [-0.15, -0.1) is 0 Å². The first kappa shape index (κ1) is 10.4. The van der Waals surface area contributed by atoms with Crippen LogP contribution in [-0.4, -0.2) is 19.2 Å². The highest BCUT2D eigenvalue weighted by molar-refractivity contribution is 5.64. The molecule has 1 saturated heterocycles. The normalized spacial score (nSPS) is 15.3. The lowest BCUT2D eigenvalue weighted by atomic mass is 10.1. The van der Waals surface area contributed by atoms with Crippen molar-refractivity contribution in [1.82, 2.24) is 5.32 Å². The zero-order valence-electron chi connectivity index (χ0n) is 9.54. The lowest BCUT2D eigenvalue weighted by Crippen LogP contribution is -2.45. The summed E-state index contributed by atoms with van der Waals surface area (Å²) < 4.78 is 5.82. The molecule has 1 heterocycles. The van der Waals surface area contributed by atoms with Gasteiger partial charge in [0.2, 0.25) is 0 Å². The molecule has 2 aromatic rings. The molecule has 0 spiro atoms. The van der Waals surface area contributed by atoms with Crippen molar-refractivity contribution in [2.75, 3.05) is 13.1 Å². The van der Waals surface area contributed by atoms with Crippen LogP contribution in [0.25, 0.3) is 11.1 Å². The summed E-state index contributed by atoms with van der Waals surface area (Å²) in [5, 5.41) is 4.15. The van der Waals surface area contributed by atoms with Crippen LogP contribution < -0.4 is 10.1 Å². The summed E-state index contributed by atoms with van der Waals surface area (Å²) in [6, 6.07) is 18.6. The smallest absolute Gasteiger partial charge is 0.127 e. The molecular weight excluding hydrogens is 210 g/mol. The summed E-state index contributed by atoms with van der Waals surface area (Å²) in [6.45, 7) is 1.66. The van der Waals surface area contributed by atoms with Gasteiger partial charge in [0, 0.05) is 0 Å². The van der Waals surface area contributed by atoms with Crippen molar-refractivity contribution in [2.45, 2.75) is 6.10 Å². The van der Waals surface area contributed by atoms with Gasteiger partial charge in [-0.1, -0.05) is 42.5 Å². The average Bonchev–Trinajstić information content (AvgIpc) is 2.35. The van der Waals surface area contributed by atoms with Gasteiger partial charge in [0.15, 0.2) is 0 Å². The number of ether oxygens (including phenoxy) is 1. The van der Waals surface area contributed by atoms with E-state index in [4.69, 9.17) is 4.74 Å². The molecule has 0 amide bonds. The predicted octanol–water partition coefficient (Wildman–Crippen LogP) is 2.72. The minimum Gasteiger partial charge on any atom is -0.488 e. The Morgan fingerprint density at radius 1 is 0.882 bits per heavy atom. The maximum atomic E-state index is 5.82. The van der Waals surface area contributed by atoms with Crippen molar-refractivity contribution in [3.8, 4) is 16.9 Å². The van der Waals surface area contributed by atoms with Crippen molar-refractivity contribution in [3.05, 3.63) is 54.6 Å². The maximum Gasteiger partial charge on any atom is 0.127 e. The Balaban J connectivity index is 1.83. The molecule has 1 aliphatic heterocycles. The third-order valence-electron chi connectivity index (χ3n) is 2.91. The number of rotatable bonds is 3. The van der Waals surface area contributed by atoms with Crippen LogP contribution in [0.1, 0.15) is 0 Å². The lowest BCUT2D eigenvalue weighted by Gasteiger charge is -2.26. The average molecular weight is 224 g/mol. The van der Waals surface area contributed by atoms with Gasteiger partial charge >= 0.3 is 0 Å². The fraction of sp³-hybridized carbons (Fsp3) is 0.200. The van der Waals surface area contributed by atoms with Gasteiger partial charge in [-0.05, 0) is 23.3 Å². The summed E-state index contributed by atoms with van der Waals surface area (Å²) in [6.07, 6.45) is 0.279. The molecule has 1 aliphatic rings. The second-order valence-corrected chi connectivity index (χ2v) is 4.22. The van der Waals surface area contributed by atoms with Gasteiger partial charge in [-0.25, -0.2) is 5.32 Å². The first-order valence-electron chi connectivity index (χ1n) is 5.87. The first-order valence-corrected chi connectivity index (χ1v) is 5.87. The molecule has 0 atom stereocenters. The van der Waals surface area contributed by atoms with Crippen molar-refractivity contribution in [3.63, 3.8) is 0 Å². The molecule has 0 unspecified atom stereocenters. The van der Waals surface area contributed by atoms with Gasteiger partial charge in [0.25, 0.3) is 0 Å². The Bertz CT molecular complexity index is 491. The van der Waals surface area contributed by atoms with Crippen LogP contribution in [0.4, 0.5) is 0 Å². The Kier molecular flexibility index (Phi) is 2.80. The molecule has 0 N–H and O–H groups in total. The van der Waals surface area contributed by atoms with Gasteiger partial charge in [0.05, 0.1) is 13.1 Å². The quantitative estimate of drug-likeness (QED) is 0.786. The van der Waals surface area contributed by atoms with Crippen molar-refractivity contribution >= 4 is 0 Å². The lowest BCUT2D eigenvalue weighted by molar-refractivity contribution is 0.139. The Morgan fingerprint density at radius 2 is 1.65 bits per heavy atom. The second-order valence-electron chi connectivity index (χ2n) is 4.22. The van der Waals surface area contributed by atoms with E-state index in [1.54, 1.807) is 0 Å². The van der Waals surface area contributed by atoms with E-state index < -0.39 is 0 Å². The molecule has 3 rings (SSSR count). The largest absolute Gasteiger partial charge is 0.488 e. The van der Waals surface area contributed by atoms with Crippen LogP contribution in [0.5, 0.6) is 5.75 Å². The molecule has 17 heavy (non-hydrogen) atoms. The molecule has 0 aromatic heterocycles. The predicted molar refractivity (Wildman–Crippen MR) is 68.2 cm³/mol. The van der Waals surface area contributed by atoms with Gasteiger partial charge < -0.3 is 4.74 Å². The SMILES string of the molecule is c1ccc(-c2cccc(OC3C[N]C3)c2)cc1.